The maximum atomic E-state index is 13.8. The van der Waals surface area contributed by atoms with E-state index in [0.717, 1.165) is 28.7 Å². The molecule has 7 heteroatoms. The molecule has 1 aliphatic rings. The average molecular weight is 496 g/mol. The number of nitrogens with one attached hydrogen (secondary N) is 2. The molecule has 0 fully saturated rings. The van der Waals surface area contributed by atoms with E-state index in [0.29, 0.717) is 23.1 Å². The molecule has 0 bridgehead atoms. The predicted molar refractivity (Wildman–Crippen MR) is 150 cm³/mol. The minimum atomic E-state index is -0.241. The average Bonchev–Trinajstić information content (AvgIpc) is 3.14. The number of carbonyl (C=O) groups is 1. The quantitative estimate of drug-likeness (QED) is 0.324. The summed E-state index contributed by atoms with van der Waals surface area (Å²) in [7, 11) is 1.74. The van der Waals surface area contributed by atoms with Gasteiger partial charge in [-0.05, 0) is 55.3 Å². The third-order valence-electron chi connectivity index (χ3n) is 6.82. The lowest BCUT2D eigenvalue weighted by molar-refractivity contribution is 0.102. The number of aromatic nitrogens is 2. The van der Waals surface area contributed by atoms with Crippen molar-refractivity contribution < 1.29 is 9.53 Å². The Morgan fingerprint density at radius 1 is 1.05 bits per heavy atom. The molecule has 5 rings (SSSR count). The van der Waals surface area contributed by atoms with Crippen LogP contribution in [-0.4, -0.2) is 35.0 Å². The van der Waals surface area contributed by atoms with E-state index in [1.165, 1.54) is 5.56 Å². The topological polar surface area (TPSA) is 79.4 Å². The van der Waals surface area contributed by atoms with E-state index in [1.54, 1.807) is 19.3 Å². The second kappa shape index (κ2) is 9.07. The van der Waals surface area contributed by atoms with Gasteiger partial charge in [0.05, 0.1) is 5.56 Å². The lowest BCUT2D eigenvalue weighted by atomic mass is 9.87. The van der Waals surface area contributed by atoms with Crippen molar-refractivity contribution in [2.45, 2.75) is 45.6 Å². The molecule has 2 heterocycles. The fourth-order valence-corrected chi connectivity index (χ4v) is 4.97. The van der Waals surface area contributed by atoms with E-state index >= 15 is 0 Å². The highest BCUT2D eigenvalue weighted by atomic mass is 16.5. The molecule has 37 heavy (non-hydrogen) atoms. The molecule has 1 amide bonds. The van der Waals surface area contributed by atoms with Crippen molar-refractivity contribution in [1.82, 2.24) is 9.97 Å². The van der Waals surface area contributed by atoms with Crippen molar-refractivity contribution in [3.05, 3.63) is 78.0 Å². The highest BCUT2D eigenvalue weighted by Gasteiger charge is 2.39. The van der Waals surface area contributed by atoms with Crippen LogP contribution in [0.1, 0.15) is 50.5 Å². The monoisotopic (exact) mass is 495 g/mol. The molecule has 2 N–H and O–H groups in total. The van der Waals surface area contributed by atoms with Crippen molar-refractivity contribution in [3.8, 4) is 11.6 Å². The minimum Gasteiger partial charge on any atom is -0.438 e. The van der Waals surface area contributed by atoms with Gasteiger partial charge in [0.25, 0.3) is 5.91 Å². The molecule has 3 aromatic carbocycles. The van der Waals surface area contributed by atoms with E-state index in [4.69, 9.17) is 4.74 Å². The number of hydrogen-bond donors (Lipinski definition) is 2. The number of ether oxygens (including phenoxy) is 1. The molecule has 1 aliphatic heterocycles. The van der Waals surface area contributed by atoms with Gasteiger partial charge >= 0.3 is 0 Å². The number of fused-ring (bicyclic) bond motifs is 2. The molecular formula is C30H33N5O2. The van der Waals surface area contributed by atoms with Gasteiger partial charge in [0.15, 0.2) is 0 Å². The number of carbonyl (C=O) groups excluding carboxylic acids is 1. The van der Waals surface area contributed by atoms with Crippen LogP contribution in [0.15, 0.2) is 66.9 Å². The molecule has 1 aromatic heterocycles. The molecular weight excluding hydrogens is 462 g/mol. The van der Waals surface area contributed by atoms with E-state index in [2.05, 4.69) is 72.3 Å². The van der Waals surface area contributed by atoms with Crippen molar-refractivity contribution in [1.29, 1.82) is 0 Å². The van der Waals surface area contributed by atoms with Gasteiger partial charge in [0.2, 0.25) is 11.8 Å². The number of anilines is 3. The van der Waals surface area contributed by atoms with Crippen LogP contribution >= 0.6 is 0 Å². The molecule has 0 radical (unpaired) electrons. The van der Waals surface area contributed by atoms with Gasteiger partial charge in [-0.3, -0.25) is 4.79 Å². The molecule has 0 atom stereocenters. The van der Waals surface area contributed by atoms with Crippen molar-refractivity contribution in [3.63, 3.8) is 0 Å². The molecule has 7 nitrogen and oxygen atoms in total. The number of amides is 1. The van der Waals surface area contributed by atoms with Crippen LogP contribution < -0.4 is 20.3 Å². The number of nitrogens with zero attached hydrogens (tertiary/aromatic N) is 3. The molecule has 0 unspecified atom stereocenters. The summed E-state index contributed by atoms with van der Waals surface area (Å²) in [6, 6.07) is 19.4. The van der Waals surface area contributed by atoms with Crippen molar-refractivity contribution >= 4 is 34.0 Å². The van der Waals surface area contributed by atoms with Crippen molar-refractivity contribution in [2.24, 2.45) is 0 Å². The maximum absolute atomic E-state index is 13.8. The summed E-state index contributed by atoms with van der Waals surface area (Å²) in [6.45, 7) is 12.1. The summed E-state index contributed by atoms with van der Waals surface area (Å²) in [5.41, 5.74) is 3.64. The summed E-state index contributed by atoms with van der Waals surface area (Å²) < 4.78 is 6.12. The van der Waals surface area contributed by atoms with Gasteiger partial charge in [-0.25, -0.2) is 4.98 Å². The van der Waals surface area contributed by atoms with Crippen LogP contribution in [0.4, 0.5) is 17.3 Å². The summed E-state index contributed by atoms with van der Waals surface area (Å²) >= 11 is 0. The molecule has 0 saturated heterocycles. The number of hydrogen-bond acceptors (Lipinski definition) is 6. The number of benzene rings is 3. The fourth-order valence-electron chi connectivity index (χ4n) is 4.97. The second-order valence-electron chi connectivity index (χ2n) is 11.1. The lowest BCUT2D eigenvalue weighted by Crippen LogP contribution is -2.42. The van der Waals surface area contributed by atoms with Gasteiger partial charge in [-0.2, -0.15) is 4.98 Å². The van der Waals surface area contributed by atoms with Crippen LogP contribution in [0.5, 0.6) is 11.6 Å². The zero-order chi connectivity index (χ0) is 26.4. The first-order valence-corrected chi connectivity index (χ1v) is 12.5. The third kappa shape index (κ3) is 4.69. The van der Waals surface area contributed by atoms with E-state index in [-0.39, 0.29) is 16.9 Å². The number of rotatable bonds is 5. The first-order valence-electron chi connectivity index (χ1n) is 12.5. The summed E-state index contributed by atoms with van der Waals surface area (Å²) in [5.74, 6) is 0.975. The fraction of sp³-hybridized carbons (Fsp3) is 0.300. The Bertz CT molecular complexity index is 1490. The first-order chi connectivity index (χ1) is 17.6. The minimum absolute atomic E-state index is 0.0333. The maximum Gasteiger partial charge on any atom is 0.260 e. The van der Waals surface area contributed by atoms with E-state index < -0.39 is 0 Å². The van der Waals surface area contributed by atoms with Crippen LogP contribution in [0.3, 0.4) is 0 Å². The van der Waals surface area contributed by atoms with Gasteiger partial charge in [-0.1, -0.05) is 50.2 Å². The molecule has 4 aromatic rings. The third-order valence-corrected chi connectivity index (χ3v) is 6.82. The highest BCUT2D eigenvalue weighted by Crippen LogP contribution is 2.45. The van der Waals surface area contributed by atoms with Crippen LogP contribution in [0, 0.1) is 0 Å². The summed E-state index contributed by atoms with van der Waals surface area (Å²) in [4.78, 5) is 24.7. The summed E-state index contributed by atoms with van der Waals surface area (Å²) in [6.07, 6.45) is 1.61. The van der Waals surface area contributed by atoms with Gasteiger partial charge < -0.3 is 20.3 Å². The Morgan fingerprint density at radius 3 is 2.59 bits per heavy atom. The zero-order valence-electron chi connectivity index (χ0n) is 22.2. The predicted octanol–water partition coefficient (Wildman–Crippen LogP) is 6.61. The van der Waals surface area contributed by atoms with Gasteiger partial charge in [0, 0.05) is 48.2 Å². The molecule has 0 aliphatic carbocycles. The van der Waals surface area contributed by atoms with Gasteiger partial charge in [0.1, 0.15) is 5.75 Å². The Balaban J connectivity index is 1.53. The Hall–Kier alpha value is -4.13. The summed E-state index contributed by atoms with van der Waals surface area (Å²) in [5, 5.41) is 7.80. The SMILES string of the molecule is CNc1nccc(Oc2ccc3ccccc3c2C(=O)Nc2ccc3c(c2)N(C(C)(C)C)CC3(C)C)n1. The Labute approximate surface area is 217 Å². The van der Waals surface area contributed by atoms with Crippen LogP contribution in [-0.2, 0) is 5.41 Å². The molecule has 190 valence electrons. The Morgan fingerprint density at radius 2 is 1.84 bits per heavy atom. The molecule has 0 saturated carbocycles. The normalized spacial score (nSPS) is 14.4. The second-order valence-corrected chi connectivity index (χ2v) is 11.1. The van der Waals surface area contributed by atoms with E-state index in [9.17, 15) is 4.79 Å². The van der Waals surface area contributed by atoms with Crippen molar-refractivity contribution in [2.75, 3.05) is 29.1 Å². The van der Waals surface area contributed by atoms with Crippen LogP contribution in [0.25, 0.3) is 10.8 Å². The Kier molecular flexibility index (Phi) is 6.02. The highest BCUT2D eigenvalue weighted by molar-refractivity contribution is 6.15. The molecule has 0 spiro atoms. The lowest BCUT2D eigenvalue weighted by Gasteiger charge is -2.35. The standard InChI is InChI=1S/C30H33N5O2/c1-29(2,3)35-18-30(4,5)22-13-12-20(17-23(22)35)33-27(36)26-21-10-8-7-9-19(21)11-14-24(26)37-25-15-16-32-28(31-6)34-25/h7-17H,18H2,1-6H3,(H,33,36)(H,31,32,34). The van der Waals surface area contributed by atoms with Gasteiger partial charge in [-0.15, -0.1) is 0 Å². The first kappa shape index (κ1) is 24.6. The van der Waals surface area contributed by atoms with Crippen LogP contribution in [0.2, 0.25) is 0 Å². The van der Waals surface area contributed by atoms with E-state index in [1.807, 2.05) is 42.5 Å². The zero-order valence-corrected chi connectivity index (χ0v) is 22.2. The largest absolute Gasteiger partial charge is 0.438 e. The smallest absolute Gasteiger partial charge is 0.260 e.